The minimum Gasteiger partial charge on any atom is -0.464 e. The number of rotatable bonds is 1. The van der Waals surface area contributed by atoms with Crippen molar-refractivity contribution in [3.8, 4) is 0 Å². The first-order chi connectivity index (χ1) is 9.78. The number of fused-ring (bicyclic) bond motifs is 5. The number of furan rings is 1. The second-order valence-electron chi connectivity index (χ2n) is 4.68. The minimum absolute atomic E-state index is 0.384. The van der Waals surface area contributed by atoms with Crippen molar-refractivity contribution < 1.29 is 13.9 Å². The SMILES string of the molecule is COC(=O)c1cc2c(ccc3c4ccccc4oc23)[nH]1. The third kappa shape index (κ3) is 1.39. The maximum atomic E-state index is 11.6. The number of nitrogens with one attached hydrogen (secondary N) is 1. The molecule has 4 nitrogen and oxygen atoms in total. The van der Waals surface area contributed by atoms with Crippen LogP contribution in [0.5, 0.6) is 0 Å². The smallest absolute Gasteiger partial charge is 0.354 e. The Labute approximate surface area is 113 Å². The molecular weight excluding hydrogens is 254 g/mol. The van der Waals surface area contributed by atoms with Crippen molar-refractivity contribution in [2.45, 2.75) is 0 Å². The van der Waals surface area contributed by atoms with Gasteiger partial charge in [-0.1, -0.05) is 18.2 Å². The van der Waals surface area contributed by atoms with E-state index in [1.165, 1.54) is 7.11 Å². The second-order valence-corrected chi connectivity index (χ2v) is 4.68. The molecular formula is C16H11NO3. The summed E-state index contributed by atoms with van der Waals surface area (Å²) in [5.74, 6) is -0.384. The van der Waals surface area contributed by atoms with Gasteiger partial charge in [0.25, 0.3) is 0 Å². The predicted octanol–water partition coefficient (Wildman–Crippen LogP) is 3.85. The molecule has 0 saturated carbocycles. The van der Waals surface area contributed by atoms with Crippen LogP contribution >= 0.6 is 0 Å². The number of ether oxygens (including phenoxy) is 1. The fourth-order valence-electron chi connectivity index (χ4n) is 2.61. The van der Waals surface area contributed by atoms with Crippen molar-refractivity contribution in [2.75, 3.05) is 7.11 Å². The second kappa shape index (κ2) is 3.87. The lowest BCUT2D eigenvalue weighted by atomic mass is 10.1. The third-order valence-corrected chi connectivity index (χ3v) is 3.55. The molecule has 4 aromatic rings. The summed E-state index contributed by atoms with van der Waals surface area (Å²) in [6.07, 6.45) is 0. The Kier molecular flexibility index (Phi) is 2.15. The molecule has 0 unspecified atom stereocenters. The summed E-state index contributed by atoms with van der Waals surface area (Å²) >= 11 is 0. The first-order valence-corrected chi connectivity index (χ1v) is 6.29. The van der Waals surface area contributed by atoms with Gasteiger partial charge < -0.3 is 14.1 Å². The lowest BCUT2D eigenvalue weighted by Gasteiger charge is -1.92. The van der Waals surface area contributed by atoms with E-state index in [0.29, 0.717) is 5.69 Å². The summed E-state index contributed by atoms with van der Waals surface area (Å²) in [6, 6.07) is 13.6. The molecule has 20 heavy (non-hydrogen) atoms. The number of carbonyl (C=O) groups is 1. The molecule has 0 aliphatic heterocycles. The Hall–Kier alpha value is -2.75. The average Bonchev–Trinajstić information content (AvgIpc) is 3.07. The average molecular weight is 265 g/mol. The van der Waals surface area contributed by atoms with E-state index in [-0.39, 0.29) is 5.97 Å². The highest BCUT2D eigenvalue weighted by atomic mass is 16.5. The summed E-state index contributed by atoms with van der Waals surface area (Å²) < 4.78 is 10.7. The molecule has 0 bridgehead atoms. The maximum Gasteiger partial charge on any atom is 0.354 e. The number of benzene rings is 2. The standard InChI is InChI=1S/C16H11NO3/c1-19-16(18)13-8-11-12(17-13)7-6-10-9-4-2-3-5-14(9)20-15(10)11/h2-8,17H,1H3. The Balaban J connectivity index is 2.12. The van der Waals surface area contributed by atoms with Crippen LogP contribution in [-0.4, -0.2) is 18.1 Å². The van der Waals surface area contributed by atoms with Crippen LogP contribution in [0.25, 0.3) is 32.8 Å². The largest absolute Gasteiger partial charge is 0.464 e. The molecule has 0 radical (unpaired) electrons. The zero-order valence-corrected chi connectivity index (χ0v) is 10.8. The number of esters is 1. The molecule has 2 heterocycles. The molecule has 2 aromatic carbocycles. The molecule has 4 rings (SSSR count). The Bertz CT molecular complexity index is 962. The van der Waals surface area contributed by atoms with Gasteiger partial charge in [-0.3, -0.25) is 0 Å². The van der Waals surface area contributed by atoms with Crippen LogP contribution in [0.15, 0.2) is 46.9 Å². The summed E-state index contributed by atoms with van der Waals surface area (Å²) in [4.78, 5) is 14.7. The van der Waals surface area contributed by atoms with E-state index in [1.54, 1.807) is 6.07 Å². The first kappa shape index (κ1) is 11.1. The number of carbonyl (C=O) groups excluding carboxylic acids is 1. The van der Waals surface area contributed by atoms with E-state index in [0.717, 1.165) is 32.8 Å². The molecule has 0 atom stereocenters. The van der Waals surface area contributed by atoms with Crippen molar-refractivity contribution >= 4 is 38.8 Å². The number of H-pyrrole nitrogens is 1. The van der Waals surface area contributed by atoms with Crippen LogP contribution in [0.3, 0.4) is 0 Å². The number of hydrogen-bond acceptors (Lipinski definition) is 3. The van der Waals surface area contributed by atoms with Gasteiger partial charge in [-0.25, -0.2) is 4.79 Å². The minimum atomic E-state index is -0.384. The highest BCUT2D eigenvalue weighted by Crippen LogP contribution is 2.34. The fraction of sp³-hybridized carbons (Fsp3) is 0.0625. The van der Waals surface area contributed by atoms with Crippen molar-refractivity contribution in [3.05, 3.63) is 48.2 Å². The third-order valence-electron chi connectivity index (χ3n) is 3.55. The van der Waals surface area contributed by atoms with Gasteiger partial charge in [-0.15, -0.1) is 0 Å². The first-order valence-electron chi connectivity index (χ1n) is 6.29. The van der Waals surface area contributed by atoms with Gasteiger partial charge in [0, 0.05) is 21.7 Å². The monoisotopic (exact) mass is 265 g/mol. The molecule has 0 saturated heterocycles. The van der Waals surface area contributed by atoms with Crippen molar-refractivity contribution in [3.63, 3.8) is 0 Å². The lowest BCUT2D eigenvalue weighted by Crippen LogP contribution is -2.00. The van der Waals surface area contributed by atoms with E-state index >= 15 is 0 Å². The molecule has 4 heteroatoms. The van der Waals surface area contributed by atoms with E-state index in [4.69, 9.17) is 9.15 Å². The van der Waals surface area contributed by atoms with Gasteiger partial charge in [0.2, 0.25) is 0 Å². The topological polar surface area (TPSA) is 55.2 Å². The van der Waals surface area contributed by atoms with Crippen molar-refractivity contribution in [2.24, 2.45) is 0 Å². The summed E-state index contributed by atoms with van der Waals surface area (Å²) in [5.41, 5.74) is 2.92. The zero-order valence-electron chi connectivity index (χ0n) is 10.8. The fourth-order valence-corrected chi connectivity index (χ4v) is 2.61. The molecule has 0 spiro atoms. The lowest BCUT2D eigenvalue weighted by molar-refractivity contribution is 0.0595. The van der Waals surface area contributed by atoms with E-state index < -0.39 is 0 Å². The van der Waals surface area contributed by atoms with Crippen LogP contribution in [0.4, 0.5) is 0 Å². The molecule has 0 aliphatic rings. The maximum absolute atomic E-state index is 11.6. The van der Waals surface area contributed by atoms with Crippen LogP contribution in [0, 0.1) is 0 Å². The van der Waals surface area contributed by atoms with Gasteiger partial charge in [0.05, 0.1) is 7.11 Å². The summed E-state index contributed by atoms with van der Waals surface area (Å²) in [6.45, 7) is 0. The van der Waals surface area contributed by atoms with Gasteiger partial charge in [-0.2, -0.15) is 0 Å². The Morgan fingerprint density at radius 3 is 2.80 bits per heavy atom. The van der Waals surface area contributed by atoms with Crippen LogP contribution in [0.2, 0.25) is 0 Å². The van der Waals surface area contributed by atoms with Gasteiger partial charge in [0.15, 0.2) is 0 Å². The number of aromatic amines is 1. The van der Waals surface area contributed by atoms with Crippen LogP contribution < -0.4 is 0 Å². The van der Waals surface area contributed by atoms with Gasteiger partial charge in [0.1, 0.15) is 16.9 Å². The van der Waals surface area contributed by atoms with Crippen molar-refractivity contribution in [1.82, 2.24) is 4.98 Å². The number of aromatic nitrogens is 1. The van der Waals surface area contributed by atoms with Gasteiger partial charge in [-0.05, 0) is 24.3 Å². The molecule has 0 amide bonds. The van der Waals surface area contributed by atoms with Gasteiger partial charge >= 0.3 is 5.97 Å². The molecule has 2 aromatic heterocycles. The molecule has 0 aliphatic carbocycles. The molecule has 98 valence electrons. The van der Waals surface area contributed by atoms with E-state index in [9.17, 15) is 4.79 Å². The summed E-state index contributed by atoms with van der Waals surface area (Å²) in [5, 5.41) is 3.01. The van der Waals surface area contributed by atoms with Crippen molar-refractivity contribution in [1.29, 1.82) is 0 Å². The highest BCUT2D eigenvalue weighted by Gasteiger charge is 2.14. The number of hydrogen-bond donors (Lipinski definition) is 1. The quantitative estimate of drug-likeness (QED) is 0.532. The normalized spacial score (nSPS) is 11.4. The Morgan fingerprint density at radius 1 is 1.10 bits per heavy atom. The zero-order chi connectivity index (χ0) is 13.7. The number of para-hydroxylation sites is 1. The van der Waals surface area contributed by atoms with Crippen LogP contribution in [0.1, 0.15) is 10.5 Å². The predicted molar refractivity (Wildman–Crippen MR) is 76.9 cm³/mol. The molecule has 1 N–H and O–H groups in total. The van der Waals surface area contributed by atoms with E-state index in [1.807, 2.05) is 36.4 Å². The highest BCUT2D eigenvalue weighted by molar-refractivity contribution is 6.15. The van der Waals surface area contributed by atoms with E-state index in [2.05, 4.69) is 4.98 Å². The molecule has 0 fully saturated rings. The summed E-state index contributed by atoms with van der Waals surface area (Å²) in [7, 11) is 1.37. The Morgan fingerprint density at radius 2 is 1.95 bits per heavy atom. The van der Waals surface area contributed by atoms with Crippen LogP contribution in [-0.2, 0) is 4.74 Å². The number of methoxy groups -OCH3 is 1.